The van der Waals surface area contributed by atoms with E-state index in [2.05, 4.69) is 4.90 Å². The van der Waals surface area contributed by atoms with Crippen LogP contribution in [0.25, 0.3) is 12.2 Å². The summed E-state index contributed by atoms with van der Waals surface area (Å²) >= 11 is 0. The lowest BCUT2D eigenvalue weighted by molar-refractivity contribution is -0.129. The maximum atomic E-state index is 12.7. The Morgan fingerprint density at radius 2 is 1.68 bits per heavy atom. The summed E-state index contributed by atoms with van der Waals surface area (Å²) in [6.45, 7) is 0.787. The van der Waals surface area contributed by atoms with Crippen molar-refractivity contribution in [2.75, 3.05) is 27.7 Å². The summed E-state index contributed by atoms with van der Waals surface area (Å²) in [4.78, 5) is 26.9. The van der Waals surface area contributed by atoms with Crippen molar-refractivity contribution in [2.45, 2.75) is 19.3 Å². The van der Waals surface area contributed by atoms with E-state index in [0.717, 1.165) is 48.3 Å². The van der Waals surface area contributed by atoms with Gasteiger partial charge in [0, 0.05) is 18.5 Å². The van der Waals surface area contributed by atoms with Crippen LogP contribution in [0.2, 0.25) is 0 Å². The van der Waals surface area contributed by atoms with Gasteiger partial charge in [-0.2, -0.15) is 0 Å². The maximum absolute atomic E-state index is 12.7. The van der Waals surface area contributed by atoms with Crippen molar-refractivity contribution in [1.82, 2.24) is 4.90 Å². The summed E-state index contributed by atoms with van der Waals surface area (Å²) in [7, 11) is 5.60. The Bertz CT molecular complexity index is 956. The van der Waals surface area contributed by atoms with E-state index in [-0.39, 0.29) is 11.7 Å². The van der Waals surface area contributed by atoms with Crippen LogP contribution in [0.1, 0.15) is 30.4 Å². The molecule has 1 unspecified atom stereocenters. The Morgan fingerprint density at radius 3 is 2.32 bits per heavy atom. The maximum Gasteiger partial charge on any atom is 0.336 e. The first-order chi connectivity index (χ1) is 14.9. The van der Waals surface area contributed by atoms with E-state index < -0.39 is 5.97 Å². The fourth-order valence-electron chi connectivity index (χ4n) is 3.68. The number of allylic oxidation sites excluding steroid dienone is 1. The van der Waals surface area contributed by atoms with Gasteiger partial charge in [-0.05, 0) is 86.5 Å². The average Bonchev–Trinajstić information content (AvgIpc) is 2.76. The van der Waals surface area contributed by atoms with Crippen molar-refractivity contribution < 1.29 is 19.1 Å². The smallest absolute Gasteiger partial charge is 0.336 e. The molecular weight excluding hydrogens is 390 g/mol. The zero-order valence-electron chi connectivity index (χ0n) is 18.3. The minimum Gasteiger partial charge on any atom is -0.497 e. The molecule has 5 nitrogen and oxygen atoms in total. The van der Waals surface area contributed by atoms with E-state index in [4.69, 9.17) is 9.47 Å². The molecule has 0 aromatic heterocycles. The van der Waals surface area contributed by atoms with Gasteiger partial charge < -0.3 is 14.4 Å². The van der Waals surface area contributed by atoms with Crippen molar-refractivity contribution >= 4 is 23.9 Å². The second kappa shape index (κ2) is 10.7. The van der Waals surface area contributed by atoms with Gasteiger partial charge in [-0.25, -0.2) is 4.79 Å². The number of hydrogen-bond acceptors (Lipinski definition) is 5. The molecule has 0 bridgehead atoms. The predicted molar refractivity (Wildman–Crippen MR) is 123 cm³/mol. The summed E-state index contributed by atoms with van der Waals surface area (Å²) in [5.41, 5.74) is 2.69. The quantitative estimate of drug-likeness (QED) is 0.372. The van der Waals surface area contributed by atoms with Crippen molar-refractivity contribution in [3.63, 3.8) is 0 Å². The molecule has 1 aliphatic rings. The minimum atomic E-state index is -0.448. The average molecular weight is 420 g/mol. The number of Topliss-reactive ketones (excluding diaryl/α,β-unsaturated/α-hetero) is 1. The second-order valence-electron chi connectivity index (χ2n) is 7.98. The van der Waals surface area contributed by atoms with E-state index in [1.807, 2.05) is 56.6 Å². The first-order valence-corrected chi connectivity index (χ1v) is 10.5. The summed E-state index contributed by atoms with van der Waals surface area (Å²) in [5, 5.41) is 0. The second-order valence-corrected chi connectivity index (χ2v) is 7.98. The molecule has 31 heavy (non-hydrogen) atoms. The molecule has 162 valence electrons. The van der Waals surface area contributed by atoms with Gasteiger partial charge in [-0.1, -0.05) is 24.3 Å². The highest BCUT2D eigenvalue weighted by molar-refractivity contribution is 6.01. The molecule has 1 fully saturated rings. The lowest BCUT2D eigenvalue weighted by Crippen LogP contribution is -2.31. The molecule has 0 heterocycles. The van der Waals surface area contributed by atoms with E-state index in [1.165, 1.54) is 6.08 Å². The first-order valence-electron chi connectivity index (χ1n) is 10.5. The Kier molecular flexibility index (Phi) is 7.79. The molecule has 0 saturated heterocycles. The Labute approximate surface area is 184 Å². The topological polar surface area (TPSA) is 55.8 Å². The molecular formula is C26H29NO4. The number of carbonyl (C=O) groups excluding carboxylic acids is 2. The number of nitrogens with zero attached hydrogens (tertiary/aromatic N) is 1. The van der Waals surface area contributed by atoms with Crippen LogP contribution in [0.15, 0.2) is 60.2 Å². The summed E-state index contributed by atoms with van der Waals surface area (Å²) in [6, 6.07) is 14.6. The van der Waals surface area contributed by atoms with E-state index in [0.29, 0.717) is 5.75 Å². The molecule has 3 rings (SSSR count). The fourth-order valence-corrected chi connectivity index (χ4v) is 3.68. The van der Waals surface area contributed by atoms with Crippen LogP contribution in [0.5, 0.6) is 11.5 Å². The van der Waals surface area contributed by atoms with Gasteiger partial charge in [0.2, 0.25) is 0 Å². The van der Waals surface area contributed by atoms with Gasteiger partial charge in [0.1, 0.15) is 11.5 Å². The first kappa shape index (κ1) is 22.5. The number of rotatable bonds is 7. The molecule has 0 spiro atoms. The van der Waals surface area contributed by atoms with Gasteiger partial charge >= 0.3 is 5.97 Å². The molecule has 5 heteroatoms. The highest BCUT2D eigenvalue weighted by atomic mass is 16.5. The molecule has 0 aliphatic heterocycles. The summed E-state index contributed by atoms with van der Waals surface area (Å²) < 4.78 is 10.5. The van der Waals surface area contributed by atoms with E-state index in [1.54, 1.807) is 25.3 Å². The van der Waals surface area contributed by atoms with Crippen LogP contribution in [0, 0.1) is 5.92 Å². The SMILES string of the molecule is COc1ccc(/C=C/C(=O)Oc2ccc(/C=C3/CCCC(CN(C)C)C3=O)cc2)cc1. The predicted octanol–water partition coefficient (Wildman–Crippen LogP) is 4.63. The third-order valence-corrected chi connectivity index (χ3v) is 5.24. The summed E-state index contributed by atoms with van der Waals surface area (Å²) in [6.07, 6.45) is 7.84. The summed E-state index contributed by atoms with van der Waals surface area (Å²) in [5.74, 6) is 1.10. The lowest BCUT2D eigenvalue weighted by atomic mass is 9.83. The van der Waals surface area contributed by atoms with Crippen LogP contribution < -0.4 is 9.47 Å². The number of ether oxygens (including phenoxy) is 2. The van der Waals surface area contributed by atoms with Gasteiger partial charge in [0.25, 0.3) is 0 Å². The Hall–Kier alpha value is -3.18. The number of carbonyl (C=O) groups is 2. The van der Waals surface area contributed by atoms with Crippen LogP contribution >= 0.6 is 0 Å². The molecule has 1 saturated carbocycles. The number of methoxy groups -OCH3 is 1. The van der Waals surface area contributed by atoms with Crippen LogP contribution in [0.4, 0.5) is 0 Å². The van der Waals surface area contributed by atoms with Crippen molar-refractivity contribution in [3.8, 4) is 11.5 Å². The molecule has 1 atom stereocenters. The largest absolute Gasteiger partial charge is 0.497 e. The lowest BCUT2D eigenvalue weighted by Gasteiger charge is -2.25. The molecule has 0 N–H and O–H groups in total. The number of hydrogen-bond donors (Lipinski definition) is 0. The number of benzene rings is 2. The molecule has 2 aromatic carbocycles. The molecule has 2 aromatic rings. The van der Waals surface area contributed by atoms with Gasteiger partial charge in [-0.3, -0.25) is 4.79 Å². The highest BCUT2D eigenvalue weighted by Crippen LogP contribution is 2.27. The fraction of sp³-hybridized carbons (Fsp3) is 0.308. The van der Waals surface area contributed by atoms with Crippen molar-refractivity contribution in [1.29, 1.82) is 0 Å². The van der Waals surface area contributed by atoms with E-state index in [9.17, 15) is 9.59 Å². The zero-order chi connectivity index (χ0) is 22.2. The normalized spacial score (nSPS) is 18.0. The number of esters is 1. The van der Waals surface area contributed by atoms with Crippen LogP contribution in [-0.4, -0.2) is 44.4 Å². The van der Waals surface area contributed by atoms with Crippen LogP contribution in [-0.2, 0) is 9.59 Å². The van der Waals surface area contributed by atoms with Crippen molar-refractivity contribution in [2.24, 2.45) is 5.92 Å². The van der Waals surface area contributed by atoms with Gasteiger partial charge in [0.15, 0.2) is 5.78 Å². The molecule has 1 aliphatic carbocycles. The van der Waals surface area contributed by atoms with Crippen LogP contribution in [0.3, 0.4) is 0 Å². The van der Waals surface area contributed by atoms with Gasteiger partial charge in [-0.15, -0.1) is 0 Å². The van der Waals surface area contributed by atoms with Gasteiger partial charge in [0.05, 0.1) is 7.11 Å². The molecule has 0 amide bonds. The standard InChI is InChI=1S/C26H29NO4/c1-27(2)18-22-6-4-5-21(26(22)29)17-20-9-14-24(15-10-20)31-25(28)16-11-19-7-12-23(30-3)13-8-19/h7-17,22H,4-6,18H2,1-3H3/b16-11+,21-17-. The van der Waals surface area contributed by atoms with E-state index >= 15 is 0 Å². The number of ketones is 1. The third kappa shape index (κ3) is 6.66. The third-order valence-electron chi connectivity index (χ3n) is 5.24. The minimum absolute atomic E-state index is 0.0766. The highest BCUT2D eigenvalue weighted by Gasteiger charge is 2.26. The van der Waals surface area contributed by atoms with Crippen molar-refractivity contribution in [3.05, 3.63) is 71.3 Å². The monoisotopic (exact) mass is 419 g/mol. The molecule has 0 radical (unpaired) electrons. The Morgan fingerprint density at radius 1 is 1.03 bits per heavy atom. The zero-order valence-corrected chi connectivity index (χ0v) is 18.3. The Balaban J connectivity index is 1.59.